The van der Waals surface area contributed by atoms with Crippen molar-refractivity contribution in [3.05, 3.63) is 35.3 Å². The molecule has 0 atom stereocenters. The number of rotatable bonds is 2. The Morgan fingerprint density at radius 1 is 1.48 bits per heavy atom. The molecule has 23 heavy (non-hydrogen) atoms. The molecule has 3 aromatic rings. The van der Waals surface area contributed by atoms with Gasteiger partial charge in [0.2, 0.25) is 5.88 Å². The van der Waals surface area contributed by atoms with Gasteiger partial charge in [-0.3, -0.25) is 10.1 Å². The van der Waals surface area contributed by atoms with Crippen molar-refractivity contribution < 1.29 is 13.9 Å². The molecule has 4 rings (SSSR count). The highest BCUT2D eigenvalue weighted by Crippen LogP contribution is 2.29. The molecule has 0 radical (unpaired) electrons. The fraction of sp³-hybridized carbons (Fsp3) is 0.267. The summed E-state index contributed by atoms with van der Waals surface area (Å²) >= 11 is 1.23. The Hall–Kier alpha value is -2.48. The highest BCUT2D eigenvalue weighted by atomic mass is 32.1. The van der Waals surface area contributed by atoms with Gasteiger partial charge >= 0.3 is 0 Å². The molecule has 1 aliphatic heterocycles. The van der Waals surface area contributed by atoms with Gasteiger partial charge in [-0.1, -0.05) is 11.3 Å². The number of carbonyl (C=O) groups excluding carboxylic acids is 1. The molecule has 0 saturated carbocycles. The average Bonchev–Trinajstić information content (AvgIpc) is 3.11. The molecule has 0 bridgehead atoms. The summed E-state index contributed by atoms with van der Waals surface area (Å²) in [7, 11) is 0. The predicted molar refractivity (Wildman–Crippen MR) is 84.6 cm³/mol. The number of benzene rings is 1. The van der Waals surface area contributed by atoms with Gasteiger partial charge in [-0.15, -0.1) is 0 Å². The third-order valence-electron chi connectivity index (χ3n) is 3.68. The Morgan fingerprint density at radius 2 is 2.35 bits per heavy atom. The van der Waals surface area contributed by atoms with E-state index in [1.807, 2.05) is 0 Å². The van der Waals surface area contributed by atoms with E-state index in [9.17, 15) is 9.18 Å². The van der Waals surface area contributed by atoms with Crippen LogP contribution in [-0.2, 0) is 6.54 Å². The Kier molecular flexibility index (Phi) is 3.26. The molecule has 0 fully saturated rings. The first-order chi connectivity index (χ1) is 11.1. The first-order valence-corrected chi connectivity index (χ1v) is 8.00. The van der Waals surface area contributed by atoms with E-state index in [1.54, 1.807) is 17.7 Å². The van der Waals surface area contributed by atoms with E-state index < -0.39 is 0 Å². The summed E-state index contributed by atoms with van der Waals surface area (Å²) in [6, 6.07) is 3.10. The molecular formula is C15H13FN4O2S. The standard InChI is InChI=1S/C15H13FN4O2S/c1-8-5-11-12(6-10(8)16)23-15(18-11)19-13(21)9-7-17-20-3-2-4-22-14(9)20/h5-7H,2-4H2,1H3,(H,18,19,21). The lowest BCUT2D eigenvalue weighted by Gasteiger charge is -2.15. The molecular weight excluding hydrogens is 319 g/mol. The average molecular weight is 332 g/mol. The smallest absolute Gasteiger partial charge is 0.264 e. The molecule has 0 unspecified atom stereocenters. The second kappa shape index (κ2) is 5.31. The zero-order valence-electron chi connectivity index (χ0n) is 12.3. The zero-order valence-corrected chi connectivity index (χ0v) is 13.1. The summed E-state index contributed by atoms with van der Waals surface area (Å²) < 4.78 is 21.5. The summed E-state index contributed by atoms with van der Waals surface area (Å²) in [6.45, 7) is 3.00. The molecule has 0 spiro atoms. The number of hydrogen-bond acceptors (Lipinski definition) is 5. The van der Waals surface area contributed by atoms with Crippen molar-refractivity contribution in [2.24, 2.45) is 0 Å². The van der Waals surface area contributed by atoms with Crippen molar-refractivity contribution in [1.82, 2.24) is 14.8 Å². The van der Waals surface area contributed by atoms with Crippen LogP contribution in [0.1, 0.15) is 22.3 Å². The molecule has 1 aromatic carbocycles. The highest BCUT2D eigenvalue weighted by molar-refractivity contribution is 7.22. The number of ether oxygens (including phenoxy) is 1. The number of thiazole rings is 1. The Bertz CT molecular complexity index is 879. The quantitative estimate of drug-likeness (QED) is 0.783. The number of carbonyl (C=O) groups is 1. The lowest BCUT2D eigenvalue weighted by Crippen LogP contribution is -2.18. The van der Waals surface area contributed by atoms with Crippen LogP contribution in [0.2, 0.25) is 0 Å². The molecule has 8 heteroatoms. The van der Waals surface area contributed by atoms with Crippen LogP contribution in [0.25, 0.3) is 10.2 Å². The van der Waals surface area contributed by atoms with E-state index >= 15 is 0 Å². The van der Waals surface area contributed by atoms with Gasteiger partial charge in [0.25, 0.3) is 5.91 Å². The lowest BCUT2D eigenvalue weighted by atomic mass is 10.2. The third kappa shape index (κ3) is 2.44. The van der Waals surface area contributed by atoms with Crippen LogP contribution in [0.3, 0.4) is 0 Å². The number of halogens is 1. The molecule has 1 amide bonds. The minimum Gasteiger partial charge on any atom is -0.477 e. The number of nitrogens with one attached hydrogen (secondary N) is 1. The van der Waals surface area contributed by atoms with Gasteiger partial charge in [0.1, 0.15) is 11.4 Å². The van der Waals surface area contributed by atoms with Gasteiger partial charge in [-0.2, -0.15) is 5.10 Å². The van der Waals surface area contributed by atoms with Crippen molar-refractivity contribution in [3.8, 4) is 5.88 Å². The molecule has 2 aromatic heterocycles. The van der Waals surface area contributed by atoms with Gasteiger partial charge in [-0.05, 0) is 24.6 Å². The summed E-state index contributed by atoms with van der Waals surface area (Å²) in [5.41, 5.74) is 1.57. The topological polar surface area (TPSA) is 69.0 Å². The Labute approximate surface area is 134 Å². The molecule has 0 saturated heterocycles. The minimum absolute atomic E-state index is 0.280. The second-order valence-corrected chi connectivity index (χ2v) is 6.36. The van der Waals surface area contributed by atoms with Crippen LogP contribution in [0.5, 0.6) is 5.88 Å². The van der Waals surface area contributed by atoms with E-state index in [1.165, 1.54) is 23.6 Å². The fourth-order valence-corrected chi connectivity index (χ4v) is 3.36. The predicted octanol–water partition coefficient (Wildman–Crippen LogP) is 2.98. The van der Waals surface area contributed by atoms with Crippen LogP contribution in [-0.4, -0.2) is 27.3 Å². The normalized spacial score (nSPS) is 13.7. The monoisotopic (exact) mass is 332 g/mol. The summed E-state index contributed by atoms with van der Waals surface area (Å²) in [6.07, 6.45) is 2.37. The molecule has 0 aliphatic carbocycles. The maximum Gasteiger partial charge on any atom is 0.264 e. The maximum absolute atomic E-state index is 13.6. The number of hydrogen-bond donors (Lipinski definition) is 1. The fourth-order valence-electron chi connectivity index (χ4n) is 2.50. The lowest BCUT2D eigenvalue weighted by molar-refractivity contribution is 0.102. The number of anilines is 1. The summed E-state index contributed by atoms with van der Waals surface area (Å²) in [4.78, 5) is 16.7. The van der Waals surface area contributed by atoms with Crippen molar-refractivity contribution in [2.45, 2.75) is 19.9 Å². The van der Waals surface area contributed by atoms with E-state index in [0.717, 1.165) is 13.0 Å². The van der Waals surface area contributed by atoms with E-state index in [4.69, 9.17) is 4.74 Å². The third-order valence-corrected chi connectivity index (χ3v) is 4.61. The maximum atomic E-state index is 13.6. The van der Waals surface area contributed by atoms with Crippen molar-refractivity contribution in [2.75, 3.05) is 11.9 Å². The van der Waals surface area contributed by atoms with Crippen molar-refractivity contribution in [3.63, 3.8) is 0 Å². The van der Waals surface area contributed by atoms with Crippen LogP contribution < -0.4 is 10.1 Å². The largest absolute Gasteiger partial charge is 0.477 e. The molecule has 6 nitrogen and oxygen atoms in total. The highest BCUT2D eigenvalue weighted by Gasteiger charge is 2.22. The van der Waals surface area contributed by atoms with Gasteiger partial charge in [0.05, 0.1) is 23.0 Å². The van der Waals surface area contributed by atoms with Crippen molar-refractivity contribution in [1.29, 1.82) is 0 Å². The van der Waals surface area contributed by atoms with Gasteiger partial charge in [0, 0.05) is 13.0 Å². The van der Waals surface area contributed by atoms with E-state index in [0.29, 0.717) is 39.0 Å². The molecule has 1 aliphatic rings. The van der Waals surface area contributed by atoms with Gasteiger partial charge in [-0.25, -0.2) is 14.1 Å². The van der Waals surface area contributed by atoms with Crippen LogP contribution in [0.15, 0.2) is 18.3 Å². The zero-order chi connectivity index (χ0) is 16.0. The molecule has 1 N–H and O–H groups in total. The molecule has 3 heterocycles. The second-order valence-electron chi connectivity index (χ2n) is 5.33. The minimum atomic E-state index is -0.329. The number of amides is 1. The van der Waals surface area contributed by atoms with Crippen LogP contribution >= 0.6 is 11.3 Å². The van der Waals surface area contributed by atoms with Crippen LogP contribution in [0.4, 0.5) is 9.52 Å². The number of aryl methyl sites for hydroxylation is 2. The molecule has 118 valence electrons. The van der Waals surface area contributed by atoms with Crippen LogP contribution in [0, 0.1) is 12.7 Å². The first kappa shape index (κ1) is 14.1. The Morgan fingerprint density at radius 3 is 3.22 bits per heavy atom. The first-order valence-electron chi connectivity index (χ1n) is 7.18. The number of fused-ring (bicyclic) bond motifs is 2. The number of nitrogens with zero attached hydrogens (tertiary/aromatic N) is 3. The SMILES string of the molecule is Cc1cc2nc(NC(=O)c3cnn4c3OCCC4)sc2cc1F. The van der Waals surface area contributed by atoms with E-state index in [2.05, 4.69) is 15.4 Å². The van der Waals surface area contributed by atoms with E-state index in [-0.39, 0.29) is 11.7 Å². The van der Waals surface area contributed by atoms with Gasteiger partial charge < -0.3 is 4.74 Å². The summed E-state index contributed by atoms with van der Waals surface area (Å²) in [5.74, 6) is -0.126. The van der Waals surface area contributed by atoms with Gasteiger partial charge in [0.15, 0.2) is 5.13 Å². The van der Waals surface area contributed by atoms with Crippen molar-refractivity contribution >= 4 is 32.6 Å². The Balaban J connectivity index is 1.62. The summed E-state index contributed by atoms with van der Waals surface area (Å²) in [5, 5.41) is 7.31. The number of aromatic nitrogens is 3.